The topological polar surface area (TPSA) is 9.23 Å². The molecule has 0 N–H and O–H groups in total. The first-order chi connectivity index (χ1) is 12.5. The van der Waals surface area contributed by atoms with Gasteiger partial charge in [-0.1, -0.05) is 55.0 Å². The van der Waals surface area contributed by atoms with Crippen molar-refractivity contribution in [2.75, 3.05) is 0 Å². The van der Waals surface area contributed by atoms with Crippen LogP contribution in [0.2, 0.25) is 0 Å². The monoisotopic (exact) mass is 344 g/mol. The molecule has 3 aromatic rings. The minimum Gasteiger partial charge on any atom is -0.457 e. The Morgan fingerprint density at radius 3 is 1.85 bits per heavy atom. The summed E-state index contributed by atoms with van der Waals surface area (Å²) in [5.74, 6) is 1.87. The number of rotatable bonds is 5. The van der Waals surface area contributed by atoms with E-state index in [4.69, 9.17) is 4.74 Å². The predicted molar refractivity (Wildman–Crippen MR) is 111 cm³/mol. The van der Waals surface area contributed by atoms with Crippen molar-refractivity contribution in [3.8, 4) is 11.5 Å². The van der Waals surface area contributed by atoms with Gasteiger partial charge in [-0.15, -0.1) is 0 Å². The molecule has 0 amide bonds. The van der Waals surface area contributed by atoms with Crippen LogP contribution in [0.3, 0.4) is 0 Å². The number of aryl methyl sites for hydroxylation is 5. The number of hydrogen-bond donors (Lipinski definition) is 0. The standard InChI is InChI=1S/C25H28O/c1-6-21-8-11-24(19(4)14-21)26-25-12-9-22(15-20(25)5)16-23-10-7-17(2)13-18(23)3/h7-15H,6,16H2,1-5H3. The molecule has 26 heavy (non-hydrogen) atoms. The van der Waals surface area contributed by atoms with E-state index in [-0.39, 0.29) is 0 Å². The molecule has 0 aliphatic rings. The highest BCUT2D eigenvalue weighted by molar-refractivity contribution is 5.44. The van der Waals surface area contributed by atoms with Crippen LogP contribution in [0.4, 0.5) is 0 Å². The second-order valence-electron chi connectivity index (χ2n) is 7.26. The summed E-state index contributed by atoms with van der Waals surface area (Å²) in [6, 6.07) is 19.6. The molecule has 0 aromatic heterocycles. The summed E-state index contributed by atoms with van der Waals surface area (Å²) in [6.45, 7) is 10.7. The Balaban J connectivity index is 1.79. The van der Waals surface area contributed by atoms with Crippen molar-refractivity contribution in [2.24, 2.45) is 0 Å². The van der Waals surface area contributed by atoms with E-state index >= 15 is 0 Å². The van der Waals surface area contributed by atoms with Gasteiger partial charge >= 0.3 is 0 Å². The first kappa shape index (κ1) is 18.3. The third kappa shape index (κ3) is 4.16. The van der Waals surface area contributed by atoms with Gasteiger partial charge in [0.05, 0.1) is 0 Å². The highest BCUT2D eigenvalue weighted by atomic mass is 16.5. The molecule has 1 heteroatoms. The highest BCUT2D eigenvalue weighted by Crippen LogP contribution is 2.29. The molecular formula is C25H28O. The zero-order valence-electron chi connectivity index (χ0n) is 16.5. The molecule has 0 radical (unpaired) electrons. The Labute approximate surface area is 157 Å². The summed E-state index contributed by atoms with van der Waals surface area (Å²) in [7, 11) is 0. The predicted octanol–water partition coefficient (Wildman–Crippen LogP) is 6.87. The molecule has 0 aliphatic carbocycles. The molecular weight excluding hydrogens is 316 g/mol. The average Bonchev–Trinajstić information content (AvgIpc) is 2.61. The highest BCUT2D eigenvalue weighted by Gasteiger charge is 2.07. The molecule has 0 saturated carbocycles. The summed E-state index contributed by atoms with van der Waals surface area (Å²) >= 11 is 0. The number of hydrogen-bond acceptors (Lipinski definition) is 1. The lowest BCUT2D eigenvalue weighted by Crippen LogP contribution is -1.95. The van der Waals surface area contributed by atoms with Crippen LogP contribution in [0, 0.1) is 27.7 Å². The zero-order valence-corrected chi connectivity index (χ0v) is 16.5. The molecule has 0 spiro atoms. The fraction of sp³-hybridized carbons (Fsp3) is 0.280. The van der Waals surface area contributed by atoms with Gasteiger partial charge in [0.2, 0.25) is 0 Å². The van der Waals surface area contributed by atoms with Crippen molar-refractivity contribution >= 4 is 0 Å². The summed E-state index contributed by atoms with van der Waals surface area (Å²) in [4.78, 5) is 0. The zero-order chi connectivity index (χ0) is 18.7. The number of benzene rings is 3. The maximum Gasteiger partial charge on any atom is 0.130 e. The maximum atomic E-state index is 6.18. The smallest absolute Gasteiger partial charge is 0.130 e. The van der Waals surface area contributed by atoms with Gasteiger partial charge in [-0.3, -0.25) is 0 Å². The average molecular weight is 344 g/mol. The Hall–Kier alpha value is -2.54. The first-order valence-electron chi connectivity index (χ1n) is 9.39. The minimum absolute atomic E-state index is 0.932. The summed E-state index contributed by atoms with van der Waals surface area (Å²) in [6.07, 6.45) is 2.00. The van der Waals surface area contributed by atoms with Crippen LogP contribution in [0.5, 0.6) is 11.5 Å². The van der Waals surface area contributed by atoms with Crippen molar-refractivity contribution in [1.29, 1.82) is 0 Å². The van der Waals surface area contributed by atoms with E-state index in [1.807, 2.05) is 0 Å². The Morgan fingerprint density at radius 1 is 0.654 bits per heavy atom. The van der Waals surface area contributed by atoms with Gasteiger partial charge in [0.1, 0.15) is 11.5 Å². The van der Waals surface area contributed by atoms with E-state index in [0.717, 1.165) is 24.3 Å². The molecule has 0 fully saturated rings. The van der Waals surface area contributed by atoms with Gasteiger partial charge in [0, 0.05) is 0 Å². The van der Waals surface area contributed by atoms with Crippen molar-refractivity contribution in [2.45, 2.75) is 47.5 Å². The van der Waals surface area contributed by atoms with E-state index in [2.05, 4.69) is 89.2 Å². The van der Waals surface area contributed by atoms with Gasteiger partial charge in [-0.2, -0.15) is 0 Å². The molecule has 0 unspecified atom stereocenters. The second kappa shape index (κ2) is 7.78. The van der Waals surface area contributed by atoms with Crippen LogP contribution < -0.4 is 4.74 Å². The lowest BCUT2D eigenvalue weighted by molar-refractivity contribution is 0.475. The SMILES string of the molecule is CCc1ccc(Oc2ccc(Cc3ccc(C)cc3C)cc2C)c(C)c1. The van der Waals surface area contributed by atoms with Crippen molar-refractivity contribution in [3.63, 3.8) is 0 Å². The minimum atomic E-state index is 0.932. The molecule has 1 nitrogen and oxygen atoms in total. The summed E-state index contributed by atoms with van der Waals surface area (Å²) < 4.78 is 6.18. The van der Waals surface area contributed by atoms with Gasteiger partial charge in [0.15, 0.2) is 0 Å². The Morgan fingerprint density at radius 2 is 1.27 bits per heavy atom. The quantitative estimate of drug-likeness (QED) is 0.491. The van der Waals surface area contributed by atoms with Crippen molar-refractivity contribution in [1.82, 2.24) is 0 Å². The van der Waals surface area contributed by atoms with Crippen molar-refractivity contribution in [3.05, 3.63) is 93.5 Å². The molecule has 134 valence electrons. The molecule has 0 atom stereocenters. The van der Waals surface area contributed by atoms with Crippen LogP contribution in [0.1, 0.15) is 45.9 Å². The Bertz CT molecular complexity index is 921. The van der Waals surface area contributed by atoms with Gasteiger partial charge in [0.25, 0.3) is 0 Å². The molecule has 0 heterocycles. The van der Waals surface area contributed by atoms with E-state index in [9.17, 15) is 0 Å². The fourth-order valence-electron chi connectivity index (χ4n) is 3.36. The fourth-order valence-corrected chi connectivity index (χ4v) is 3.36. The molecule has 3 aromatic carbocycles. The third-order valence-corrected chi connectivity index (χ3v) is 5.00. The van der Waals surface area contributed by atoms with Crippen LogP contribution >= 0.6 is 0 Å². The number of ether oxygens (including phenoxy) is 1. The van der Waals surface area contributed by atoms with E-state index in [1.54, 1.807) is 0 Å². The normalized spacial score (nSPS) is 10.8. The summed E-state index contributed by atoms with van der Waals surface area (Å²) in [5, 5.41) is 0. The van der Waals surface area contributed by atoms with Crippen LogP contribution in [-0.4, -0.2) is 0 Å². The van der Waals surface area contributed by atoms with Crippen LogP contribution in [0.15, 0.2) is 54.6 Å². The van der Waals surface area contributed by atoms with Crippen LogP contribution in [0.25, 0.3) is 0 Å². The van der Waals surface area contributed by atoms with Crippen LogP contribution in [-0.2, 0) is 12.8 Å². The Kier molecular flexibility index (Phi) is 5.46. The summed E-state index contributed by atoms with van der Waals surface area (Å²) in [5.41, 5.74) is 9.07. The van der Waals surface area contributed by atoms with E-state index < -0.39 is 0 Å². The molecule has 0 bridgehead atoms. The largest absolute Gasteiger partial charge is 0.457 e. The lowest BCUT2D eigenvalue weighted by atomic mass is 9.98. The van der Waals surface area contributed by atoms with Gasteiger partial charge in [-0.25, -0.2) is 0 Å². The molecule has 3 rings (SSSR count). The molecule has 0 aliphatic heterocycles. The maximum absolute atomic E-state index is 6.18. The van der Waals surface area contributed by atoms with E-state index in [0.29, 0.717) is 0 Å². The lowest BCUT2D eigenvalue weighted by Gasteiger charge is -2.14. The van der Waals surface area contributed by atoms with Gasteiger partial charge in [-0.05, 0) is 86.1 Å². The van der Waals surface area contributed by atoms with E-state index in [1.165, 1.54) is 38.9 Å². The molecule has 0 saturated heterocycles. The third-order valence-electron chi connectivity index (χ3n) is 5.00. The first-order valence-corrected chi connectivity index (χ1v) is 9.39. The second-order valence-corrected chi connectivity index (χ2v) is 7.26. The van der Waals surface area contributed by atoms with Gasteiger partial charge < -0.3 is 4.74 Å². The van der Waals surface area contributed by atoms with Crippen molar-refractivity contribution < 1.29 is 4.74 Å².